The fourth-order valence-corrected chi connectivity index (χ4v) is 8.18. The zero-order valence-corrected chi connectivity index (χ0v) is 41.4. The second-order valence-corrected chi connectivity index (χ2v) is 19.1. The van der Waals surface area contributed by atoms with Crippen molar-refractivity contribution in [3.8, 4) is 11.5 Å². The average Bonchev–Trinajstić information content (AvgIpc) is 3.26. The standard InChI is InChI=1S/C57H92O6/c1-47(2)55(58)60-45-33-29-25-21-17-13-9-11-15-19-23-27-31-35-49(5)62-53-41-37-51(38-42-53)57(7,8)52-39-43-54(44-40-52)63-50(6)36-32-28-24-20-16-12-10-14-18-22-26-30-34-46-61-56(59)48(3)4/h37-44,49-50H,1,3,9-36,45-46H2,2,4-8H3. The molecule has 0 saturated heterocycles. The molecule has 63 heavy (non-hydrogen) atoms. The van der Waals surface area contributed by atoms with Gasteiger partial charge in [-0.2, -0.15) is 0 Å². The van der Waals surface area contributed by atoms with Crippen molar-refractivity contribution >= 4 is 11.9 Å². The lowest BCUT2D eigenvalue weighted by molar-refractivity contribution is -0.139. The van der Waals surface area contributed by atoms with Crippen molar-refractivity contribution in [2.24, 2.45) is 0 Å². The number of unbranched alkanes of at least 4 members (excludes halogenated alkanes) is 24. The molecule has 2 atom stereocenters. The molecular formula is C57H92O6. The van der Waals surface area contributed by atoms with E-state index in [1.165, 1.54) is 152 Å². The van der Waals surface area contributed by atoms with Crippen LogP contribution in [0.3, 0.4) is 0 Å². The number of hydrogen-bond acceptors (Lipinski definition) is 6. The van der Waals surface area contributed by atoms with Gasteiger partial charge in [-0.15, -0.1) is 0 Å². The van der Waals surface area contributed by atoms with Crippen LogP contribution in [-0.2, 0) is 24.5 Å². The summed E-state index contributed by atoms with van der Waals surface area (Å²) in [5.74, 6) is 1.37. The molecule has 0 bridgehead atoms. The first-order chi connectivity index (χ1) is 30.4. The molecule has 6 nitrogen and oxygen atoms in total. The zero-order valence-electron chi connectivity index (χ0n) is 41.4. The Morgan fingerprint density at radius 2 is 0.667 bits per heavy atom. The van der Waals surface area contributed by atoms with Crippen LogP contribution in [0.15, 0.2) is 72.8 Å². The Bertz CT molecular complexity index is 1380. The van der Waals surface area contributed by atoms with Gasteiger partial charge in [0.2, 0.25) is 0 Å². The van der Waals surface area contributed by atoms with Gasteiger partial charge in [0.05, 0.1) is 25.4 Å². The molecular weight excluding hydrogens is 781 g/mol. The molecule has 0 aliphatic heterocycles. The maximum atomic E-state index is 11.4. The van der Waals surface area contributed by atoms with Gasteiger partial charge in [0.15, 0.2) is 0 Å². The van der Waals surface area contributed by atoms with Crippen molar-refractivity contribution in [3.05, 3.63) is 84.0 Å². The number of carbonyl (C=O) groups is 2. The molecule has 0 aliphatic rings. The van der Waals surface area contributed by atoms with Crippen LogP contribution in [0.4, 0.5) is 0 Å². The summed E-state index contributed by atoms with van der Waals surface area (Å²) in [7, 11) is 0. The molecule has 0 aliphatic carbocycles. The lowest BCUT2D eigenvalue weighted by Gasteiger charge is -2.27. The smallest absolute Gasteiger partial charge is 0.333 e. The maximum absolute atomic E-state index is 11.4. The highest BCUT2D eigenvalue weighted by Crippen LogP contribution is 2.34. The van der Waals surface area contributed by atoms with Gasteiger partial charge in [0.1, 0.15) is 11.5 Å². The van der Waals surface area contributed by atoms with Gasteiger partial charge in [-0.25, -0.2) is 9.59 Å². The van der Waals surface area contributed by atoms with Crippen molar-refractivity contribution in [1.29, 1.82) is 0 Å². The van der Waals surface area contributed by atoms with E-state index in [-0.39, 0.29) is 29.6 Å². The van der Waals surface area contributed by atoms with Crippen LogP contribution >= 0.6 is 0 Å². The molecule has 356 valence electrons. The van der Waals surface area contributed by atoms with Gasteiger partial charge in [0, 0.05) is 16.6 Å². The second-order valence-electron chi connectivity index (χ2n) is 19.1. The minimum atomic E-state index is -0.268. The summed E-state index contributed by atoms with van der Waals surface area (Å²) in [6, 6.07) is 17.5. The lowest BCUT2D eigenvalue weighted by atomic mass is 9.78. The molecule has 0 saturated carbocycles. The summed E-state index contributed by atoms with van der Waals surface area (Å²) in [5.41, 5.74) is 3.40. The molecule has 0 N–H and O–H groups in total. The molecule has 2 aromatic carbocycles. The molecule has 2 rings (SSSR count). The van der Waals surface area contributed by atoms with Gasteiger partial charge >= 0.3 is 11.9 Å². The molecule has 2 aromatic rings. The van der Waals surface area contributed by atoms with E-state index in [0.717, 1.165) is 50.0 Å². The van der Waals surface area contributed by atoms with Crippen molar-refractivity contribution in [3.63, 3.8) is 0 Å². The maximum Gasteiger partial charge on any atom is 0.333 e. The molecule has 0 spiro atoms. The normalized spacial score (nSPS) is 12.4. The first-order valence-corrected chi connectivity index (χ1v) is 25.6. The number of rotatable bonds is 40. The van der Waals surface area contributed by atoms with E-state index in [2.05, 4.69) is 89.4 Å². The highest BCUT2D eigenvalue weighted by molar-refractivity contribution is 5.87. The summed E-state index contributed by atoms with van der Waals surface area (Å²) in [5, 5.41) is 0. The Morgan fingerprint density at radius 1 is 0.429 bits per heavy atom. The Balaban J connectivity index is 1.47. The molecule has 2 unspecified atom stereocenters. The van der Waals surface area contributed by atoms with Crippen LogP contribution in [0.25, 0.3) is 0 Å². The monoisotopic (exact) mass is 873 g/mol. The topological polar surface area (TPSA) is 71.1 Å². The molecule has 0 fully saturated rings. The number of esters is 2. The number of carbonyl (C=O) groups excluding carboxylic acids is 2. The van der Waals surface area contributed by atoms with E-state index < -0.39 is 0 Å². The van der Waals surface area contributed by atoms with E-state index in [1.807, 2.05) is 0 Å². The number of hydrogen-bond donors (Lipinski definition) is 0. The van der Waals surface area contributed by atoms with Gasteiger partial charge in [-0.1, -0.05) is 193 Å². The fraction of sp³-hybridized carbons (Fsp3) is 0.684. The van der Waals surface area contributed by atoms with Crippen LogP contribution in [0.2, 0.25) is 0 Å². The average molecular weight is 873 g/mol. The Kier molecular flexibility index (Phi) is 30.7. The van der Waals surface area contributed by atoms with Gasteiger partial charge < -0.3 is 18.9 Å². The number of benzene rings is 2. The van der Waals surface area contributed by atoms with Crippen LogP contribution in [-0.4, -0.2) is 37.4 Å². The molecule has 0 amide bonds. The Hall–Kier alpha value is -3.54. The highest BCUT2D eigenvalue weighted by atomic mass is 16.5. The van der Waals surface area contributed by atoms with Crippen LogP contribution < -0.4 is 9.47 Å². The summed E-state index contributed by atoms with van der Waals surface area (Å²) in [4.78, 5) is 22.8. The Labute approximate surface area is 386 Å². The third-order valence-corrected chi connectivity index (χ3v) is 12.5. The van der Waals surface area contributed by atoms with E-state index in [1.54, 1.807) is 13.8 Å². The first-order valence-electron chi connectivity index (χ1n) is 25.6. The third kappa shape index (κ3) is 27.4. The van der Waals surface area contributed by atoms with E-state index >= 15 is 0 Å². The lowest BCUT2D eigenvalue weighted by Crippen LogP contribution is -2.19. The quantitative estimate of drug-likeness (QED) is 0.0377. The largest absolute Gasteiger partial charge is 0.491 e. The fourth-order valence-electron chi connectivity index (χ4n) is 8.18. The van der Waals surface area contributed by atoms with Crippen molar-refractivity contribution in [2.45, 2.75) is 239 Å². The molecule has 0 heterocycles. The van der Waals surface area contributed by atoms with Crippen molar-refractivity contribution in [1.82, 2.24) is 0 Å². The summed E-state index contributed by atoms with van der Waals surface area (Å²) in [6.07, 6.45) is 35.7. The van der Waals surface area contributed by atoms with Gasteiger partial charge in [-0.05, 0) is 102 Å². The molecule has 6 heteroatoms. The van der Waals surface area contributed by atoms with E-state index in [4.69, 9.17) is 18.9 Å². The Morgan fingerprint density at radius 3 is 0.921 bits per heavy atom. The van der Waals surface area contributed by atoms with E-state index in [0.29, 0.717) is 24.4 Å². The van der Waals surface area contributed by atoms with Crippen LogP contribution in [0.1, 0.15) is 232 Å². The van der Waals surface area contributed by atoms with Gasteiger partial charge in [-0.3, -0.25) is 0 Å². The summed E-state index contributed by atoms with van der Waals surface area (Å²) >= 11 is 0. The summed E-state index contributed by atoms with van der Waals surface area (Å²) < 4.78 is 22.9. The van der Waals surface area contributed by atoms with E-state index in [9.17, 15) is 9.59 Å². The minimum Gasteiger partial charge on any atom is -0.491 e. The first kappa shape index (κ1) is 55.6. The van der Waals surface area contributed by atoms with Crippen LogP contribution in [0, 0.1) is 0 Å². The molecule has 0 aromatic heterocycles. The van der Waals surface area contributed by atoms with Crippen molar-refractivity contribution in [2.75, 3.05) is 13.2 Å². The number of ether oxygens (including phenoxy) is 4. The molecule has 0 radical (unpaired) electrons. The van der Waals surface area contributed by atoms with Crippen molar-refractivity contribution < 1.29 is 28.5 Å². The van der Waals surface area contributed by atoms with Crippen LogP contribution in [0.5, 0.6) is 11.5 Å². The predicted molar refractivity (Wildman–Crippen MR) is 266 cm³/mol. The highest BCUT2D eigenvalue weighted by Gasteiger charge is 2.23. The third-order valence-electron chi connectivity index (χ3n) is 12.5. The SMILES string of the molecule is C=C(C)C(=O)OCCCCCCCCCCCCCCCC(C)Oc1ccc(C(C)(C)c2ccc(OC(C)CCCCCCCCCCCCCCCOC(=O)C(=C)C)cc2)cc1. The zero-order chi connectivity index (χ0) is 46.0. The minimum absolute atomic E-state index is 0.121. The second kappa shape index (κ2) is 34.8. The van der Waals surface area contributed by atoms with Gasteiger partial charge in [0.25, 0.3) is 0 Å². The predicted octanol–water partition coefficient (Wildman–Crippen LogP) is 16.7. The summed E-state index contributed by atoms with van der Waals surface area (Å²) in [6.45, 7) is 20.6.